The molecule has 0 saturated carbocycles. The highest BCUT2D eigenvalue weighted by Gasteiger charge is 2.40. The van der Waals surface area contributed by atoms with Crippen molar-refractivity contribution in [2.75, 3.05) is 13.2 Å². The van der Waals surface area contributed by atoms with Gasteiger partial charge in [0.25, 0.3) is 0 Å². The molecule has 2 unspecified atom stereocenters. The Balaban J connectivity index is 1.85. The second-order valence-electron chi connectivity index (χ2n) is 5.94. The van der Waals surface area contributed by atoms with Crippen LogP contribution in [0.15, 0.2) is 23.1 Å². The first-order valence-electron chi connectivity index (χ1n) is 8.05. The second kappa shape index (κ2) is 6.64. The number of carboxylic acid groups (broad SMARTS) is 1. The number of hydrogen-bond acceptors (Lipinski definition) is 6. The number of benzene rings is 1. The molecule has 0 aliphatic carbocycles. The summed E-state index contributed by atoms with van der Waals surface area (Å²) in [6, 6.07) is 3.27. The summed E-state index contributed by atoms with van der Waals surface area (Å²) >= 11 is 0. The lowest BCUT2D eigenvalue weighted by atomic mass is 10.1. The van der Waals surface area contributed by atoms with Gasteiger partial charge in [-0.15, -0.1) is 0 Å². The van der Waals surface area contributed by atoms with Gasteiger partial charge < -0.3 is 14.6 Å². The number of nitrogens with zero attached hydrogens (tertiary/aromatic N) is 1. The highest BCUT2D eigenvalue weighted by Crippen LogP contribution is 2.33. The Kier molecular flexibility index (Phi) is 4.70. The van der Waals surface area contributed by atoms with Crippen LogP contribution in [-0.2, 0) is 30.8 Å². The largest absolute Gasteiger partial charge is 0.480 e. The van der Waals surface area contributed by atoms with E-state index in [1.807, 2.05) is 0 Å². The van der Waals surface area contributed by atoms with Gasteiger partial charge in [0.2, 0.25) is 10.0 Å². The van der Waals surface area contributed by atoms with Crippen molar-refractivity contribution in [3.8, 4) is 5.75 Å². The van der Waals surface area contributed by atoms with E-state index in [0.717, 1.165) is 4.31 Å². The number of sulfonamides is 1. The Morgan fingerprint density at radius 3 is 2.84 bits per heavy atom. The van der Waals surface area contributed by atoms with Crippen LogP contribution in [0.25, 0.3) is 0 Å². The number of aliphatic carboxylic acids is 1. The standard InChI is InChI=1S/C16H19NO7S/c1-2-23-16(20)14-9-10-8-11(5-6-13(10)24-14)25(21,22)17-7-3-4-12(17)15(18)19/h5-6,8,12,14H,2-4,7,9H2,1H3,(H,18,19). The van der Waals surface area contributed by atoms with E-state index < -0.39 is 34.1 Å². The molecule has 2 aliphatic rings. The number of hydrogen-bond donors (Lipinski definition) is 1. The van der Waals surface area contributed by atoms with Crippen molar-refractivity contribution >= 4 is 22.0 Å². The first-order valence-corrected chi connectivity index (χ1v) is 9.49. The van der Waals surface area contributed by atoms with Crippen LogP contribution in [0.1, 0.15) is 25.3 Å². The summed E-state index contributed by atoms with van der Waals surface area (Å²) in [6.45, 7) is 2.11. The quantitative estimate of drug-likeness (QED) is 0.764. The highest BCUT2D eigenvalue weighted by molar-refractivity contribution is 7.89. The summed E-state index contributed by atoms with van der Waals surface area (Å²) in [4.78, 5) is 23.1. The minimum atomic E-state index is -3.92. The van der Waals surface area contributed by atoms with Crippen LogP contribution in [-0.4, -0.2) is 55.1 Å². The summed E-state index contributed by atoms with van der Waals surface area (Å²) < 4.78 is 37.0. The molecule has 25 heavy (non-hydrogen) atoms. The number of ether oxygens (including phenoxy) is 2. The molecule has 1 aromatic carbocycles. The van der Waals surface area contributed by atoms with E-state index in [1.165, 1.54) is 18.2 Å². The van der Waals surface area contributed by atoms with Crippen LogP contribution in [0.4, 0.5) is 0 Å². The fraction of sp³-hybridized carbons (Fsp3) is 0.500. The SMILES string of the molecule is CCOC(=O)C1Cc2cc(S(=O)(=O)N3CCCC3C(=O)O)ccc2O1. The molecular weight excluding hydrogens is 350 g/mol. The van der Waals surface area contributed by atoms with Gasteiger partial charge in [-0.25, -0.2) is 13.2 Å². The molecule has 0 aromatic heterocycles. The zero-order valence-electron chi connectivity index (χ0n) is 13.7. The van der Waals surface area contributed by atoms with Crippen molar-refractivity contribution in [1.82, 2.24) is 4.31 Å². The summed E-state index contributed by atoms with van der Waals surface area (Å²) in [5.41, 5.74) is 0.588. The summed E-state index contributed by atoms with van der Waals surface area (Å²) in [5.74, 6) is -1.20. The molecular formula is C16H19NO7S. The number of fused-ring (bicyclic) bond motifs is 1. The third-order valence-corrected chi connectivity index (χ3v) is 6.26. The lowest BCUT2D eigenvalue weighted by molar-refractivity contribution is -0.150. The van der Waals surface area contributed by atoms with Crippen molar-refractivity contribution in [3.63, 3.8) is 0 Å². The molecule has 0 bridgehead atoms. The third kappa shape index (κ3) is 3.21. The van der Waals surface area contributed by atoms with E-state index in [0.29, 0.717) is 24.2 Å². The monoisotopic (exact) mass is 369 g/mol. The number of carbonyl (C=O) groups is 2. The summed E-state index contributed by atoms with van der Waals surface area (Å²) in [6.07, 6.45) is 0.245. The van der Waals surface area contributed by atoms with Crippen LogP contribution < -0.4 is 4.74 Å². The lowest BCUT2D eigenvalue weighted by Crippen LogP contribution is -2.40. The minimum absolute atomic E-state index is 0.00695. The zero-order chi connectivity index (χ0) is 18.2. The zero-order valence-corrected chi connectivity index (χ0v) is 14.5. The Labute approximate surface area is 145 Å². The normalized spacial score (nSPS) is 23.1. The van der Waals surface area contributed by atoms with E-state index in [4.69, 9.17) is 9.47 Å². The van der Waals surface area contributed by atoms with Gasteiger partial charge in [-0.1, -0.05) is 0 Å². The average Bonchev–Trinajstić information content (AvgIpc) is 3.21. The van der Waals surface area contributed by atoms with Crippen LogP contribution in [0, 0.1) is 0 Å². The van der Waals surface area contributed by atoms with Gasteiger partial charge in [0.05, 0.1) is 11.5 Å². The molecule has 2 aliphatic heterocycles. The molecule has 0 spiro atoms. The first kappa shape index (κ1) is 17.7. The van der Waals surface area contributed by atoms with Crippen molar-refractivity contribution in [3.05, 3.63) is 23.8 Å². The summed E-state index contributed by atoms with van der Waals surface area (Å²) in [5, 5.41) is 9.22. The van der Waals surface area contributed by atoms with Crippen LogP contribution in [0.2, 0.25) is 0 Å². The van der Waals surface area contributed by atoms with E-state index in [-0.39, 0.29) is 24.5 Å². The molecule has 2 atom stereocenters. The molecule has 0 amide bonds. The fourth-order valence-corrected chi connectivity index (χ4v) is 4.86. The second-order valence-corrected chi connectivity index (χ2v) is 7.83. The van der Waals surface area contributed by atoms with Gasteiger partial charge in [-0.2, -0.15) is 4.31 Å². The predicted molar refractivity (Wildman–Crippen MR) is 85.7 cm³/mol. The van der Waals surface area contributed by atoms with E-state index in [1.54, 1.807) is 6.92 Å². The van der Waals surface area contributed by atoms with Crippen LogP contribution >= 0.6 is 0 Å². The molecule has 1 fully saturated rings. The summed E-state index contributed by atoms with van der Waals surface area (Å²) in [7, 11) is -3.92. The van der Waals surface area contributed by atoms with Gasteiger partial charge in [-0.05, 0) is 43.5 Å². The highest BCUT2D eigenvalue weighted by atomic mass is 32.2. The third-order valence-electron chi connectivity index (χ3n) is 4.35. The van der Waals surface area contributed by atoms with Crippen molar-refractivity contribution < 1.29 is 32.6 Å². The molecule has 2 heterocycles. The fourth-order valence-electron chi connectivity index (χ4n) is 3.16. The molecule has 1 saturated heterocycles. The molecule has 8 nitrogen and oxygen atoms in total. The van der Waals surface area contributed by atoms with Gasteiger partial charge >= 0.3 is 11.9 Å². The molecule has 9 heteroatoms. The van der Waals surface area contributed by atoms with E-state index >= 15 is 0 Å². The van der Waals surface area contributed by atoms with E-state index in [9.17, 15) is 23.1 Å². The molecule has 3 rings (SSSR count). The Hall–Kier alpha value is -2.13. The maximum absolute atomic E-state index is 12.8. The maximum atomic E-state index is 12.8. The van der Waals surface area contributed by atoms with Crippen LogP contribution in [0.3, 0.4) is 0 Å². The average molecular weight is 369 g/mol. The van der Waals surface area contributed by atoms with Gasteiger partial charge in [0.1, 0.15) is 11.8 Å². The molecule has 1 aromatic rings. The Morgan fingerprint density at radius 1 is 1.40 bits per heavy atom. The molecule has 1 N–H and O–H groups in total. The maximum Gasteiger partial charge on any atom is 0.347 e. The Bertz CT molecular complexity index is 805. The minimum Gasteiger partial charge on any atom is -0.480 e. The van der Waals surface area contributed by atoms with Crippen LogP contribution in [0.5, 0.6) is 5.75 Å². The first-order chi connectivity index (χ1) is 11.8. The number of rotatable bonds is 5. The van der Waals surface area contributed by atoms with Gasteiger partial charge in [0.15, 0.2) is 6.10 Å². The predicted octanol–water partition coefficient (Wildman–Crippen LogP) is 0.791. The van der Waals surface area contributed by atoms with Crippen molar-refractivity contribution in [2.45, 2.75) is 43.2 Å². The van der Waals surface area contributed by atoms with Gasteiger partial charge in [-0.3, -0.25) is 4.79 Å². The Morgan fingerprint density at radius 2 is 2.16 bits per heavy atom. The number of carbonyl (C=O) groups excluding carboxylic acids is 1. The van der Waals surface area contributed by atoms with Crippen molar-refractivity contribution in [2.24, 2.45) is 0 Å². The number of esters is 1. The number of carboxylic acids is 1. The van der Waals surface area contributed by atoms with Gasteiger partial charge in [0, 0.05) is 13.0 Å². The molecule has 136 valence electrons. The topological polar surface area (TPSA) is 110 Å². The lowest BCUT2D eigenvalue weighted by Gasteiger charge is -2.21. The molecule has 0 radical (unpaired) electrons. The van der Waals surface area contributed by atoms with Crippen molar-refractivity contribution in [1.29, 1.82) is 0 Å². The van der Waals surface area contributed by atoms with E-state index in [2.05, 4.69) is 0 Å². The smallest absolute Gasteiger partial charge is 0.347 e.